The number of halogens is 5. The molecule has 2 N–H and O–H groups in total. The van der Waals surface area contributed by atoms with E-state index < -0.39 is 28.7 Å². The Kier molecular flexibility index (Phi) is 6.80. The van der Waals surface area contributed by atoms with Gasteiger partial charge in [0.25, 0.3) is 5.91 Å². The predicted molar refractivity (Wildman–Crippen MR) is 112 cm³/mol. The smallest absolute Gasteiger partial charge is 0.436 e. The van der Waals surface area contributed by atoms with Crippen LogP contribution in [0.4, 0.5) is 18.9 Å². The molecule has 13 heteroatoms. The summed E-state index contributed by atoms with van der Waals surface area (Å²) in [6, 6.07) is 3.03. The highest BCUT2D eigenvalue weighted by Gasteiger charge is 2.38. The van der Waals surface area contributed by atoms with E-state index in [4.69, 9.17) is 33.7 Å². The van der Waals surface area contributed by atoms with Crippen LogP contribution in [0, 0.1) is 6.92 Å². The monoisotopic (exact) mass is 493 g/mol. The highest BCUT2D eigenvalue weighted by atomic mass is 35.5. The first-order chi connectivity index (χ1) is 14.9. The van der Waals surface area contributed by atoms with Crippen LogP contribution in [0.2, 0.25) is 10.0 Å². The number of carbonyl (C=O) groups excluding carboxylic acids is 2. The molecule has 0 aliphatic carbocycles. The lowest BCUT2D eigenvalue weighted by atomic mass is 10.1. The van der Waals surface area contributed by atoms with Crippen LogP contribution in [0.5, 0.6) is 5.75 Å². The second kappa shape index (κ2) is 9.07. The van der Waals surface area contributed by atoms with Gasteiger partial charge >= 0.3 is 6.18 Å². The van der Waals surface area contributed by atoms with E-state index in [0.717, 1.165) is 4.68 Å². The summed E-state index contributed by atoms with van der Waals surface area (Å²) in [6.45, 7) is 2.29. The molecule has 174 valence electrons. The van der Waals surface area contributed by atoms with Gasteiger partial charge in [-0.15, -0.1) is 0 Å². The first kappa shape index (κ1) is 24.0. The number of nitrogens with two attached hydrogens (primary N) is 1. The summed E-state index contributed by atoms with van der Waals surface area (Å²) in [5.41, 5.74) is 5.06. The third-order valence-electron chi connectivity index (χ3n) is 5.20. The number of nitrogens with zero attached hydrogens (tertiary/aromatic N) is 4. The summed E-state index contributed by atoms with van der Waals surface area (Å²) in [7, 11) is 1.44. The summed E-state index contributed by atoms with van der Waals surface area (Å²) in [6.07, 6.45) is -4.71. The molecule has 0 atom stereocenters. The predicted octanol–water partition coefficient (Wildman–Crippen LogP) is 2.97. The highest BCUT2D eigenvalue weighted by Crippen LogP contribution is 2.36. The molecule has 0 saturated carbocycles. The fourth-order valence-electron chi connectivity index (χ4n) is 3.44. The normalized spacial score (nSPS) is 14.6. The molecule has 1 aromatic carbocycles. The van der Waals surface area contributed by atoms with Crippen LogP contribution in [-0.2, 0) is 17.5 Å². The van der Waals surface area contributed by atoms with E-state index in [1.807, 2.05) is 4.90 Å². The number of amides is 2. The molecule has 0 radical (unpaired) electrons. The standard InChI is InChI=1S/C19H20Cl2F3N5O3/c1-10-16(21)17(19(22,23)24)26-29(10)9-15(30)28-5-3-27(4-6-28)13-8-14(32-2)12(20)7-11(13)18(25)31/h7-8H,3-6,9H2,1-2H3,(H2,25,31). The van der Waals surface area contributed by atoms with Crippen LogP contribution in [0.1, 0.15) is 21.7 Å². The number of anilines is 1. The molecular weight excluding hydrogens is 474 g/mol. The largest absolute Gasteiger partial charge is 0.495 e. The van der Waals surface area contributed by atoms with Crippen LogP contribution in [0.25, 0.3) is 0 Å². The molecule has 32 heavy (non-hydrogen) atoms. The minimum Gasteiger partial charge on any atom is -0.495 e. The maximum Gasteiger partial charge on any atom is 0.436 e. The highest BCUT2D eigenvalue weighted by molar-refractivity contribution is 6.32. The Hall–Kier alpha value is -2.66. The lowest BCUT2D eigenvalue weighted by Crippen LogP contribution is -2.50. The Morgan fingerprint density at radius 3 is 2.31 bits per heavy atom. The van der Waals surface area contributed by atoms with Crippen LogP contribution < -0.4 is 15.4 Å². The van der Waals surface area contributed by atoms with E-state index in [1.165, 1.54) is 25.0 Å². The van der Waals surface area contributed by atoms with Crippen molar-refractivity contribution >= 4 is 40.7 Å². The molecule has 1 saturated heterocycles. The maximum absolute atomic E-state index is 13.0. The van der Waals surface area contributed by atoms with Crippen LogP contribution in [-0.4, -0.2) is 59.8 Å². The molecule has 1 aliphatic rings. The van der Waals surface area contributed by atoms with Gasteiger partial charge in [-0.3, -0.25) is 14.3 Å². The average Bonchev–Trinajstić information content (AvgIpc) is 3.02. The Balaban J connectivity index is 1.72. The quantitative estimate of drug-likeness (QED) is 0.690. The number of piperazine rings is 1. The van der Waals surface area contributed by atoms with Gasteiger partial charge in [-0.25, -0.2) is 0 Å². The van der Waals surface area contributed by atoms with E-state index in [-0.39, 0.29) is 35.9 Å². The van der Waals surface area contributed by atoms with E-state index >= 15 is 0 Å². The summed E-state index contributed by atoms with van der Waals surface area (Å²) in [5, 5.41) is 3.18. The van der Waals surface area contributed by atoms with Gasteiger partial charge in [0.05, 0.1) is 34.1 Å². The molecule has 1 fully saturated rings. The third kappa shape index (κ3) is 4.73. The Morgan fingerprint density at radius 2 is 1.81 bits per heavy atom. The zero-order chi connectivity index (χ0) is 23.8. The van der Waals surface area contributed by atoms with Crippen LogP contribution >= 0.6 is 23.2 Å². The molecule has 2 heterocycles. The zero-order valence-electron chi connectivity index (χ0n) is 17.2. The molecule has 8 nitrogen and oxygen atoms in total. The summed E-state index contributed by atoms with van der Waals surface area (Å²) >= 11 is 11.8. The molecule has 0 unspecified atom stereocenters. The number of methoxy groups -OCH3 is 1. The summed E-state index contributed by atoms with van der Waals surface area (Å²) in [5.74, 6) is -0.685. The first-order valence-corrected chi connectivity index (χ1v) is 10.2. The van der Waals surface area contributed by atoms with Gasteiger partial charge < -0.3 is 20.3 Å². The minimum atomic E-state index is -4.71. The minimum absolute atomic E-state index is 0.0605. The zero-order valence-corrected chi connectivity index (χ0v) is 18.7. The van der Waals surface area contributed by atoms with Gasteiger partial charge in [0, 0.05) is 32.2 Å². The van der Waals surface area contributed by atoms with Gasteiger partial charge in [-0.1, -0.05) is 23.2 Å². The van der Waals surface area contributed by atoms with Crippen molar-refractivity contribution in [3.05, 3.63) is 39.1 Å². The number of alkyl halides is 3. The lowest BCUT2D eigenvalue weighted by molar-refractivity contribution is -0.142. The van der Waals surface area contributed by atoms with E-state index in [9.17, 15) is 22.8 Å². The molecule has 3 rings (SSSR count). The number of hydrogen-bond donors (Lipinski definition) is 1. The van der Waals surface area contributed by atoms with Gasteiger partial charge in [0.1, 0.15) is 12.3 Å². The van der Waals surface area contributed by atoms with E-state index in [2.05, 4.69) is 5.10 Å². The molecule has 0 spiro atoms. The lowest BCUT2D eigenvalue weighted by Gasteiger charge is -2.37. The molecular formula is C19H20Cl2F3N5O3. The number of ether oxygens (including phenoxy) is 1. The first-order valence-electron chi connectivity index (χ1n) is 9.44. The number of rotatable bonds is 5. The number of primary amides is 1. The van der Waals surface area contributed by atoms with Crippen LogP contribution in [0.15, 0.2) is 12.1 Å². The van der Waals surface area contributed by atoms with Crippen molar-refractivity contribution in [2.45, 2.75) is 19.6 Å². The van der Waals surface area contributed by atoms with Gasteiger partial charge in [0.2, 0.25) is 5.91 Å². The molecule has 1 aromatic heterocycles. The molecule has 2 amide bonds. The topological polar surface area (TPSA) is 93.7 Å². The Bertz CT molecular complexity index is 1050. The van der Waals surface area contributed by atoms with Crippen molar-refractivity contribution in [2.24, 2.45) is 5.73 Å². The Labute approximate surface area is 191 Å². The van der Waals surface area contributed by atoms with Crippen molar-refractivity contribution < 1.29 is 27.5 Å². The average molecular weight is 494 g/mol. The summed E-state index contributed by atoms with van der Waals surface area (Å²) < 4.78 is 45.1. The van der Waals surface area contributed by atoms with Gasteiger partial charge in [-0.2, -0.15) is 18.3 Å². The van der Waals surface area contributed by atoms with Crippen molar-refractivity contribution in [3.8, 4) is 5.75 Å². The Morgan fingerprint density at radius 1 is 1.19 bits per heavy atom. The second-order valence-electron chi connectivity index (χ2n) is 7.14. The second-order valence-corrected chi connectivity index (χ2v) is 7.92. The molecule has 0 bridgehead atoms. The number of aromatic nitrogens is 2. The number of hydrogen-bond acceptors (Lipinski definition) is 5. The third-order valence-corrected chi connectivity index (χ3v) is 5.94. The molecule has 1 aliphatic heterocycles. The fourth-order valence-corrected chi connectivity index (χ4v) is 3.93. The van der Waals surface area contributed by atoms with Gasteiger partial charge in [-0.05, 0) is 13.0 Å². The fraction of sp³-hybridized carbons (Fsp3) is 0.421. The van der Waals surface area contributed by atoms with Crippen molar-refractivity contribution in [1.29, 1.82) is 0 Å². The van der Waals surface area contributed by atoms with E-state index in [0.29, 0.717) is 24.5 Å². The molecule has 2 aromatic rings. The van der Waals surface area contributed by atoms with Crippen molar-refractivity contribution in [3.63, 3.8) is 0 Å². The van der Waals surface area contributed by atoms with Crippen molar-refractivity contribution in [1.82, 2.24) is 14.7 Å². The van der Waals surface area contributed by atoms with Gasteiger partial charge in [0.15, 0.2) is 5.69 Å². The summed E-state index contributed by atoms with van der Waals surface area (Å²) in [4.78, 5) is 27.9. The SMILES string of the molecule is COc1cc(N2CCN(C(=O)Cn3nc(C(F)(F)F)c(Cl)c3C)CC2)c(C(N)=O)cc1Cl. The number of benzene rings is 1. The number of carbonyl (C=O) groups is 2. The van der Waals surface area contributed by atoms with Crippen molar-refractivity contribution in [2.75, 3.05) is 38.2 Å². The van der Waals surface area contributed by atoms with E-state index in [1.54, 1.807) is 6.07 Å². The van der Waals surface area contributed by atoms with Crippen LogP contribution in [0.3, 0.4) is 0 Å². The maximum atomic E-state index is 13.0.